The number of rotatable bonds is 6. The minimum Gasteiger partial charge on any atom is -0.385 e. The molecule has 5 heteroatoms. The van der Waals surface area contributed by atoms with Gasteiger partial charge >= 0.3 is 6.03 Å². The largest absolute Gasteiger partial charge is 0.385 e. The van der Waals surface area contributed by atoms with Gasteiger partial charge in [0.2, 0.25) is 0 Å². The third-order valence-electron chi connectivity index (χ3n) is 4.41. The van der Waals surface area contributed by atoms with Crippen LogP contribution in [-0.2, 0) is 4.74 Å². The van der Waals surface area contributed by atoms with E-state index in [1.807, 2.05) is 48.2 Å². The van der Waals surface area contributed by atoms with E-state index in [2.05, 4.69) is 5.32 Å². The Morgan fingerprint density at radius 3 is 2.70 bits per heavy atom. The van der Waals surface area contributed by atoms with Crippen molar-refractivity contribution in [3.63, 3.8) is 0 Å². The Morgan fingerprint density at radius 1 is 1.30 bits per heavy atom. The zero-order chi connectivity index (χ0) is 16.7. The van der Waals surface area contributed by atoms with Crippen LogP contribution in [0, 0.1) is 0 Å². The molecule has 1 aromatic rings. The summed E-state index contributed by atoms with van der Waals surface area (Å²) < 4.78 is 5.13. The van der Waals surface area contributed by atoms with Gasteiger partial charge < -0.3 is 19.9 Å². The van der Waals surface area contributed by atoms with E-state index in [9.17, 15) is 4.79 Å². The van der Waals surface area contributed by atoms with E-state index in [1.165, 1.54) is 6.42 Å². The number of likely N-dealkylation sites (tertiary alicyclic amines) is 1. The molecule has 5 nitrogen and oxygen atoms in total. The number of carbonyl (C=O) groups excluding carboxylic acids is 1. The molecule has 0 aromatic heterocycles. The quantitative estimate of drug-likeness (QED) is 0.815. The highest BCUT2D eigenvalue weighted by Crippen LogP contribution is 2.23. The number of anilines is 2. The molecule has 2 rings (SSSR count). The Morgan fingerprint density at radius 2 is 2.04 bits per heavy atom. The number of benzene rings is 1. The monoisotopic (exact) mass is 319 g/mol. The molecule has 0 radical (unpaired) electrons. The summed E-state index contributed by atoms with van der Waals surface area (Å²) in [6.45, 7) is 1.61. The summed E-state index contributed by atoms with van der Waals surface area (Å²) >= 11 is 0. The Hall–Kier alpha value is -1.75. The van der Waals surface area contributed by atoms with Gasteiger partial charge in [-0.3, -0.25) is 0 Å². The van der Waals surface area contributed by atoms with E-state index in [4.69, 9.17) is 4.74 Å². The number of urea groups is 1. The standard InChI is InChI=1S/C18H29N3O2/c1-20(2)16-11-9-15(10-12-16)19-18(22)21-13-5-4-7-17(21)8-6-14-23-3/h9-12,17H,4-8,13-14H2,1-3H3,(H,19,22)/t17-/m0/s1. The lowest BCUT2D eigenvalue weighted by molar-refractivity contribution is 0.141. The molecule has 1 N–H and O–H groups in total. The molecule has 0 spiro atoms. The molecule has 0 saturated carbocycles. The number of nitrogens with zero attached hydrogens (tertiary/aromatic N) is 2. The number of ether oxygens (including phenoxy) is 1. The maximum Gasteiger partial charge on any atom is 0.322 e. The highest BCUT2D eigenvalue weighted by molar-refractivity contribution is 5.89. The zero-order valence-electron chi connectivity index (χ0n) is 14.5. The molecule has 1 aliphatic heterocycles. The van der Waals surface area contributed by atoms with Crippen molar-refractivity contribution in [2.75, 3.05) is 44.6 Å². The number of carbonyl (C=O) groups is 1. The third kappa shape index (κ3) is 5.13. The molecule has 1 aliphatic rings. The number of amides is 2. The summed E-state index contributed by atoms with van der Waals surface area (Å²) in [6.07, 6.45) is 5.41. The van der Waals surface area contributed by atoms with E-state index in [0.29, 0.717) is 6.04 Å². The lowest BCUT2D eigenvalue weighted by Crippen LogP contribution is -2.46. The molecule has 23 heavy (non-hydrogen) atoms. The Kier molecular flexibility index (Phi) is 6.71. The van der Waals surface area contributed by atoms with Gasteiger partial charge in [0.1, 0.15) is 0 Å². The fourth-order valence-electron chi connectivity index (χ4n) is 3.07. The third-order valence-corrected chi connectivity index (χ3v) is 4.41. The molecule has 1 saturated heterocycles. The molecule has 2 amide bonds. The first-order valence-corrected chi connectivity index (χ1v) is 8.45. The van der Waals surface area contributed by atoms with E-state index in [1.54, 1.807) is 7.11 Å². The average Bonchev–Trinajstić information content (AvgIpc) is 2.56. The zero-order valence-corrected chi connectivity index (χ0v) is 14.5. The lowest BCUT2D eigenvalue weighted by atomic mass is 9.98. The fourth-order valence-corrected chi connectivity index (χ4v) is 3.07. The van der Waals surface area contributed by atoms with Crippen LogP contribution in [0.3, 0.4) is 0 Å². The van der Waals surface area contributed by atoms with E-state index >= 15 is 0 Å². The number of hydrogen-bond acceptors (Lipinski definition) is 3. The fraction of sp³-hybridized carbons (Fsp3) is 0.611. The molecule has 1 aromatic carbocycles. The highest BCUT2D eigenvalue weighted by atomic mass is 16.5. The van der Waals surface area contributed by atoms with Gasteiger partial charge in [0, 0.05) is 51.8 Å². The number of methoxy groups -OCH3 is 1. The van der Waals surface area contributed by atoms with Crippen molar-refractivity contribution in [1.82, 2.24) is 4.90 Å². The predicted molar refractivity (Wildman–Crippen MR) is 95.2 cm³/mol. The molecule has 1 heterocycles. The normalized spacial score (nSPS) is 17.9. The summed E-state index contributed by atoms with van der Waals surface area (Å²) in [5.74, 6) is 0. The van der Waals surface area contributed by atoms with Crippen molar-refractivity contribution in [2.45, 2.75) is 38.1 Å². The van der Waals surface area contributed by atoms with Crippen LogP contribution in [0.5, 0.6) is 0 Å². The Bertz CT molecular complexity index is 488. The number of nitrogens with one attached hydrogen (secondary N) is 1. The Balaban J connectivity index is 1.93. The first kappa shape index (κ1) is 17.6. The summed E-state index contributed by atoms with van der Waals surface area (Å²) in [5, 5.41) is 3.04. The molecule has 1 atom stereocenters. The summed E-state index contributed by atoms with van der Waals surface area (Å²) in [5.41, 5.74) is 1.97. The lowest BCUT2D eigenvalue weighted by Gasteiger charge is -2.35. The predicted octanol–water partition coefficient (Wildman–Crippen LogP) is 3.57. The maximum atomic E-state index is 12.6. The number of hydrogen-bond donors (Lipinski definition) is 1. The highest BCUT2D eigenvalue weighted by Gasteiger charge is 2.26. The topological polar surface area (TPSA) is 44.8 Å². The van der Waals surface area contributed by atoms with Crippen molar-refractivity contribution in [3.8, 4) is 0 Å². The number of piperidine rings is 1. The molecule has 128 valence electrons. The van der Waals surface area contributed by atoms with Crippen LogP contribution in [0.4, 0.5) is 16.2 Å². The van der Waals surface area contributed by atoms with E-state index < -0.39 is 0 Å². The van der Waals surface area contributed by atoms with Gasteiger partial charge in [-0.05, 0) is 56.4 Å². The summed E-state index contributed by atoms with van der Waals surface area (Å²) in [4.78, 5) is 16.6. The average molecular weight is 319 g/mol. The first-order chi connectivity index (χ1) is 11.1. The van der Waals surface area contributed by atoms with Crippen LogP contribution in [0.15, 0.2) is 24.3 Å². The van der Waals surface area contributed by atoms with Crippen molar-refractivity contribution in [2.24, 2.45) is 0 Å². The smallest absolute Gasteiger partial charge is 0.322 e. The van der Waals surface area contributed by atoms with Crippen LogP contribution in [0.1, 0.15) is 32.1 Å². The van der Waals surface area contributed by atoms with Gasteiger partial charge in [0.25, 0.3) is 0 Å². The molecule has 1 fully saturated rings. The van der Waals surface area contributed by atoms with Gasteiger partial charge in [-0.1, -0.05) is 0 Å². The van der Waals surface area contributed by atoms with Crippen molar-refractivity contribution in [3.05, 3.63) is 24.3 Å². The van der Waals surface area contributed by atoms with Crippen LogP contribution >= 0.6 is 0 Å². The van der Waals surface area contributed by atoms with Gasteiger partial charge in [-0.25, -0.2) is 4.79 Å². The van der Waals surface area contributed by atoms with E-state index in [-0.39, 0.29) is 6.03 Å². The van der Waals surface area contributed by atoms with Crippen molar-refractivity contribution < 1.29 is 9.53 Å². The maximum absolute atomic E-state index is 12.6. The van der Waals surface area contributed by atoms with Crippen LogP contribution in [0.2, 0.25) is 0 Å². The Labute approximate surface area is 139 Å². The second kappa shape index (κ2) is 8.77. The van der Waals surface area contributed by atoms with Gasteiger partial charge in [-0.2, -0.15) is 0 Å². The molecule has 0 bridgehead atoms. The van der Waals surface area contributed by atoms with Gasteiger partial charge in [-0.15, -0.1) is 0 Å². The molecular formula is C18H29N3O2. The summed E-state index contributed by atoms with van der Waals surface area (Å²) in [7, 11) is 5.74. The van der Waals surface area contributed by atoms with Crippen LogP contribution in [0.25, 0.3) is 0 Å². The second-order valence-corrected chi connectivity index (χ2v) is 6.35. The molecular weight excluding hydrogens is 290 g/mol. The van der Waals surface area contributed by atoms with Crippen molar-refractivity contribution >= 4 is 17.4 Å². The summed E-state index contributed by atoms with van der Waals surface area (Å²) in [6, 6.07) is 8.29. The van der Waals surface area contributed by atoms with Crippen LogP contribution in [-0.4, -0.2) is 51.3 Å². The van der Waals surface area contributed by atoms with Crippen molar-refractivity contribution in [1.29, 1.82) is 0 Å². The van der Waals surface area contributed by atoms with E-state index in [0.717, 1.165) is 50.2 Å². The first-order valence-electron chi connectivity index (χ1n) is 8.45. The minimum absolute atomic E-state index is 0.0183. The van der Waals surface area contributed by atoms with Gasteiger partial charge in [0.15, 0.2) is 0 Å². The van der Waals surface area contributed by atoms with Gasteiger partial charge in [0.05, 0.1) is 0 Å². The SMILES string of the molecule is COCCC[C@@H]1CCCCN1C(=O)Nc1ccc(N(C)C)cc1. The molecule has 0 aliphatic carbocycles. The second-order valence-electron chi connectivity index (χ2n) is 6.35. The van der Waals surface area contributed by atoms with Crippen LogP contribution < -0.4 is 10.2 Å². The minimum atomic E-state index is 0.0183. The molecule has 0 unspecified atom stereocenters.